The number of nitrogens with two attached hydrogens (primary N) is 2. The van der Waals surface area contributed by atoms with Crippen LogP contribution in [0.3, 0.4) is 0 Å². The van der Waals surface area contributed by atoms with E-state index in [1.807, 2.05) is 0 Å². The number of primary amides is 2. The van der Waals surface area contributed by atoms with Crippen LogP contribution in [-0.2, 0) is 9.47 Å². The van der Waals surface area contributed by atoms with Crippen LogP contribution in [0.4, 0.5) is 9.59 Å². The Kier molecular flexibility index (Phi) is 2.76. The highest BCUT2D eigenvalue weighted by Crippen LogP contribution is 1.93. The zero-order valence-corrected chi connectivity index (χ0v) is 4.99. The smallest absolute Gasteiger partial charge is 0.377 e. The normalized spacial score (nSPS) is 8.00. The van der Waals surface area contributed by atoms with Crippen LogP contribution in [0.15, 0.2) is 12.5 Å². The Morgan fingerprint density at radius 3 is 1.60 bits per heavy atom. The lowest BCUT2D eigenvalue weighted by atomic mass is 11.0. The van der Waals surface area contributed by atoms with Crippen LogP contribution >= 0.6 is 0 Å². The molecule has 6 heteroatoms. The summed E-state index contributed by atoms with van der Waals surface area (Å²) in [4.78, 5) is 19.8. The third kappa shape index (κ3) is 4.44. The van der Waals surface area contributed by atoms with Gasteiger partial charge in [-0.15, -0.1) is 0 Å². The molecule has 0 aliphatic rings. The van der Waals surface area contributed by atoms with Crippen LogP contribution in [-0.4, -0.2) is 12.2 Å². The molecule has 0 aliphatic heterocycles. The zero-order valence-electron chi connectivity index (χ0n) is 4.99. The van der Waals surface area contributed by atoms with Crippen molar-refractivity contribution in [1.82, 2.24) is 0 Å². The van der Waals surface area contributed by atoms with Gasteiger partial charge in [-0.25, -0.2) is 9.59 Å². The Morgan fingerprint density at radius 1 is 1.10 bits per heavy atom. The van der Waals surface area contributed by atoms with E-state index in [2.05, 4.69) is 27.5 Å². The van der Waals surface area contributed by atoms with E-state index in [0.717, 1.165) is 0 Å². The van der Waals surface area contributed by atoms with Gasteiger partial charge in [0.15, 0.2) is 0 Å². The number of rotatable bonds is 2. The molecule has 6 nitrogen and oxygen atoms in total. The summed E-state index contributed by atoms with van der Waals surface area (Å²) < 4.78 is 7.96. The lowest BCUT2D eigenvalue weighted by Crippen LogP contribution is -2.18. The summed E-state index contributed by atoms with van der Waals surface area (Å²) in [5, 5.41) is 0. The van der Waals surface area contributed by atoms with Crippen molar-refractivity contribution in [2.45, 2.75) is 0 Å². The fourth-order valence-corrected chi connectivity index (χ4v) is 0.245. The van der Waals surface area contributed by atoms with Crippen LogP contribution in [0.25, 0.3) is 0 Å². The molecule has 56 valence electrons. The van der Waals surface area contributed by atoms with E-state index in [9.17, 15) is 9.59 Å². The van der Waals surface area contributed by atoms with Crippen LogP contribution in [0.2, 0.25) is 0 Å². The summed E-state index contributed by atoms with van der Waals surface area (Å²) in [5.41, 5.74) is 9.03. The molecule has 0 spiro atoms. The molecular weight excluding hydrogens is 140 g/mol. The molecule has 10 heavy (non-hydrogen) atoms. The lowest BCUT2D eigenvalue weighted by Gasteiger charge is -2.00. The largest absolute Gasteiger partial charge is 0.412 e. The Balaban J connectivity index is 3.65. The summed E-state index contributed by atoms with van der Waals surface area (Å²) >= 11 is 0. The average molecular weight is 146 g/mol. The second-order valence-corrected chi connectivity index (χ2v) is 1.21. The van der Waals surface area contributed by atoms with Crippen LogP contribution in [0, 0.1) is 0 Å². The fourth-order valence-electron chi connectivity index (χ4n) is 0.245. The Labute approximate surface area is 56.4 Å². The maximum absolute atomic E-state index is 9.90. The van der Waals surface area contributed by atoms with Crippen molar-refractivity contribution in [3.05, 3.63) is 12.5 Å². The Morgan fingerprint density at radius 2 is 1.40 bits per heavy atom. The molecule has 4 N–H and O–H groups in total. The zero-order chi connectivity index (χ0) is 8.15. The van der Waals surface area contributed by atoms with Crippen molar-refractivity contribution >= 4 is 12.2 Å². The Hall–Kier alpha value is -1.72. The molecule has 0 bridgehead atoms. The summed E-state index contributed by atoms with van der Waals surface area (Å²) in [5.74, 6) is -0.542. The molecule has 0 atom stereocenters. The van der Waals surface area contributed by atoms with Crippen molar-refractivity contribution < 1.29 is 19.1 Å². The van der Waals surface area contributed by atoms with E-state index < -0.39 is 18.1 Å². The van der Waals surface area contributed by atoms with Crippen molar-refractivity contribution in [2.75, 3.05) is 0 Å². The summed E-state index contributed by atoms with van der Waals surface area (Å²) in [6, 6.07) is 0. The van der Waals surface area contributed by atoms with Crippen molar-refractivity contribution in [2.24, 2.45) is 11.5 Å². The topological polar surface area (TPSA) is 105 Å². The number of hydrogen-bond acceptors (Lipinski definition) is 4. The third-order valence-electron chi connectivity index (χ3n) is 0.429. The molecule has 0 aliphatic carbocycles. The van der Waals surface area contributed by atoms with Crippen LogP contribution < -0.4 is 11.5 Å². The van der Waals surface area contributed by atoms with Gasteiger partial charge in [0.1, 0.15) is 0 Å². The van der Waals surface area contributed by atoms with Gasteiger partial charge in [0.05, 0.1) is 0 Å². The van der Waals surface area contributed by atoms with Crippen LogP contribution in [0.5, 0.6) is 0 Å². The van der Waals surface area contributed by atoms with Gasteiger partial charge in [-0.05, 0) is 6.58 Å². The van der Waals surface area contributed by atoms with Gasteiger partial charge >= 0.3 is 12.2 Å². The van der Waals surface area contributed by atoms with Crippen molar-refractivity contribution in [3.8, 4) is 0 Å². The predicted octanol–water partition coefficient (Wildman–Crippen LogP) is -0.352. The minimum atomic E-state index is -1.12. The molecule has 0 rings (SSSR count). The number of carbonyl (C=O) groups excluding carboxylic acids is 2. The number of ether oxygens (including phenoxy) is 2. The first kappa shape index (κ1) is 8.28. The third-order valence-corrected chi connectivity index (χ3v) is 0.429. The van der Waals surface area contributed by atoms with Gasteiger partial charge < -0.3 is 20.9 Å². The highest BCUT2D eigenvalue weighted by molar-refractivity contribution is 5.68. The van der Waals surface area contributed by atoms with E-state index in [-0.39, 0.29) is 0 Å². The van der Waals surface area contributed by atoms with Crippen molar-refractivity contribution in [1.29, 1.82) is 0 Å². The highest BCUT2D eigenvalue weighted by atomic mass is 16.7. The van der Waals surface area contributed by atoms with Gasteiger partial charge in [0.2, 0.25) is 0 Å². The molecule has 0 unspecified atom stereocenters. The number of amides is 2. The maximum Gasteiger partial charge on any atom is 0.412 e. The molecule has 0 saturated carbocycles. The van der Waals surface area contributed by atoms with E-state index in [1.165, 1.54) is 0 Å². The summed E-state index contributed by atoms with van der Waals surface area (Å²) in [7, 11) is 0. The van der Waals surface area contributed by atoms with E-state index in [1.54, 1.807) is 0 Å². The molecule has 0 saturated heterocycles. The molecule has 0 fully saturated rings. The molecule has 0 radical (unpaired) electrons. The second-order valence-electron chi connectivity index (χ2n) is 1.21. The van der Waals surface area contributed by atoms with E-state index >= 15 is 0 Å². The minimum absolute atomic E-state index is 0.542. The Bertz CT molecular complexity index is 158. The average Bonchev–Trinajstić information content (AvgIpc) is 1.58. The van der Waals surface area contributed by atoms with Crippen LogP contribution in [0.1, 0.15) is 0 Å². The van der Waals surface area contributed by atoms with Gasteiger partial charge in [-0.3, -0.25) is 0 Å². The monoisotopic (exact) mass is 146 g/mol. The quantitative estimate of drug-likeness (QED) is 0.519. The highest BCUT2D eigenvalue weighted by Gasteiger charge is 2.02. The lowest BCUT2D eigenvalue weighted by molar-refractivity contribution is 0.104. The maximum atomic E-state index is 9.90. The molecule has 0 aromatic carbocycles. The molecule has 0 heterocycles. The first-order valence-corrected chi connectivity index (χ1v) is 2.16. The van der Waals surface area contributed by atoms with Gasteiger partial charge in [0, 0.05) is 0 Å². The van der Waals surface area contributed by atoms with Crippen molar-refractivity contribution in [3.63, 3.8) is 0 Å². The van der Waals surface area contributed by atoms with Gasteiger partial charge in [-0.2, -0.15) is 0 Å². The fraction of sp³-hybridized carbons (Fsp3) is 0. The second kappa shape index (κ2) is 3.33. The predicted molar refractivity (Wildman–Crippen MR) is 30.5 cm³/mol. The van der Waals surface area contributed by atoms with Gasteiger partial charge in [-0.1, -0.05) is 0 Å². The minimum Gasteiger partial charge on any atom is -0.377 e. The molecular formula is C4H6N2O4. The number of hydrogen-bond donors (Lipinski definition) is 2. The standard InChI is InChI=1S/C4H6N2O4/c1-2(9-3(5)7)10-4(6)8/h1H2,(H2,5,7)(H2,6,8). The van der Waals surface area contributed by atoms with E-state index in [4.69, 9.17) is 0 Å². The first-order valence-electron chi connectivity index (χ1n) is 2.16. The SMILES string of the molecule is C=C(OC(N)=O)OC(N)=O. The van der Waals surface area contributed by atoms with E-state index in [0.29, 0.717) is 0 Å². The van der Waals surface area contributed by atoms with Gasteiger partial charge in [0.25, 0.3) is 5.95 Å². The number of carbonyl (C=O) groups is 2. The summed E-state index contributed by atoms with van der Waals surface area (Å²) in [6.45, 7) is 2.99. The molecule has 0 aromatic rings. The molecule has 2 amide bonds. The summed E-state index contributed by atoms with van der Waals surface area (Å²) in [6.07, 6.45) is -2.24. The first-order chi connectivity index (χ1) is 4.52. The molecule has 0 aromatic heterocycles.